The number of nitrogens with one attached hydrogen (secondary N) is 1. The molecule has 7 heteroatoms. The van der Waals surface area contributed by atoms with Crippen LogP contribution in [0.15, 0.2) is 47.7 Å². The standard InChI is InChI=1S/C18H21N7/c1-24-6-8-25(9-7-24)15-4-2-14(3-5-15)22-18(19)16-10-13-11-21-23-17(13)12-20-16/h2-5,10-12H,6-9H2,1H3,(H2,19,22)(H,21,23). The summed E-state index contributed by atoms with van der Waals surface area (Å²) in [6.45, 7) is 4.29. The first kappa shape index (κ1) is 15.6. The van der Waals surface area contributed by atoms with Crippen molar-refractivity contribution < 1.29 is 0 Å². The topological polar surface area (TPSA) is 86.4 Å². The smallest absolute Gasteiger partial charge is 0.150 e. The Morgan fingerprint density at radius 2 is 1.88 bits per heavy atom. The fourth-order valence-electron chi connectivity index (χ4n) is 2.98. The lowest BCUT2D eigenvalue weighted by Crippen LogP contribution is -2.44. The molecule has 1 aliphatic rings. The maximum atomic E-state index is 6.12. The summed E-state index contributed by atoms with van der Waals surface area (Å²) in [5.74, 6) is 0.399. The first-order valence-electron chi connectivity index (χ1n) is 8.36. The fourth-order valence-corrected chi connectivity index (χ4v) is 2.98. The molecule has 0 atom stereocenters. The normalized spacial score (nSPS) is 16.5. The molecule has 0 aliphatic carbocycles. The van der Waals surface area contributed by atoms with Crippen LogP contribution in [0.3, 0.4) is 0 Å². The lowest BCUT2D eigenvalue weighted by molar-refractivity contribution is 0.313. The zero-order chi connectivity index (χ0) is 17.2. The number of nitrogens with zero attached hydrogens (tertiary/aromatic N) is 5. The molecule has 0 radical (unpaired) electrons. The molecule has 25 heavy (non-hydrogen) atoms. The number of fused-ring (bicyclic) bond motifs is 1. The van der Waals surface area contributed by atoms with Crippen molar-refractivity contribution in [3.63, 3.8) is 0 Å². The van der Waals surface area contributed by atoms with E-state index in [2.05, 4.69) is 49.2 Å². The van der Waals surface area contributed by atoms with Crippen molar-refractivity contribution in [2.45, 2.75) is 0 Å². The summed E-state index contributed by atoms with van der Waals surface area (Å²) >= 11 is 0. The summed E-state index contributed by atoms with van der Waals surface area (Å²) in [7, 11) is 2.16. The van der Waals surface area contributed by atoms with Crippen LogP contribution in [0.2, 0.25) is 0 Å². The molecule has 128 valence electrons. The van der Waals surface area contributed by atoms with Gasteiger partial charge in [0.2, 0.25) is 0 Å². The van der Waals surface area contributed by atoms with E-state index in [0.29, 0.717) is 11.5 Å². The van der Waals surface area contributed by atoms with Crippen LogP contribution >= 0.6 is 0 Å². The van der Waals surface area contributed by atoms with Crippen molar-refractivity contribution >= 4 is 28.1 Å². The molecule has 1 saturated heterocycles. The second kappa shape index (κ2) is 6.52. The minimum absolute atomic E-state index is 0.399. The molecule has 0 spiro atoms. The second-order valence-electron chi connectivity index (χ2n) is 6.33. The molecular formula is C18H21N7. The molecule has 3 aromatic rings. The molecule has 7 nitrogen and oxygen atoms in total. The van der Waals surface area contributed by atoms with Gasteiger partial charge in [0.1, 0.15) is 11.5 Å². The van der Waals surface area contributed by atoms with Gasteiger partial charge >= 0.3 is 0 Å². The highest BCUT2D eigenvalue weighted by molar-refractivity contribution is 5.99. The predicted octanol–water partition coefficient (Wildman–Crippen LogP) is 1.75. The first-order valence-corrected chi connectivity index (χ1v) is 8.36. The molecule has 1 aliphatic heterocycles. The number of hydrogen-bond acceptors (Lipinski definition) is 5. The van der Waals surface area contributed by atoms with Crippen molar-refractivity contribution in [1.29, 1.82) is 0 Å². The van der Waals surface area contributed by atoms with Crippen LogP contribution in [0.1, 0.15) is 5.69 Å². The fraction of sp³-hybridized carbons (Fsp3) is 0.278. The number of aromatic nitrogens is 3. The van der Waals surface area contributed by atoms with Gasteiger partial charge in [-0.2, -0.15) is 5.10 Å². The van der Waals surface area contributed by atoms with Crippen molar-refractivity contribution in [2.75, 3.05) is 38.1 Å². The minimum atomic E-state index is 0.399. The van der Waals surface area contributed by atoms with Crippen LogP contribution in [-0.4, -0.2) is 59.1 Å². The molecule has 1 fully saturated rings. The summed E-state index contributed by atoms with van der Waals surface area (Å²) in [5.41, 5.74) is 9.71. The van der Waals surface area contributed by atoms with Gasteiger partial charge in [-0.25, -0.2) is 4.99 Å². The molecule has 3 heterocycles. The Bertz CT molecular complexity index is 889. The van der Waals surface area contributed by atoms with Crippen LogP contribution < -0.4 is 10.6 Å². The molecule has 0 amide bonds. The van der Waals surface area contributed by atoms with Crippen LogP contribution in [-0.2, 0) is 0 Å². The molecular weight excluding hydrogens is 314 g/mol. The van der Waals surface area contributed by atoms with E-state index in [4.69, 9.17) is 5.73 Å². The van der Waals surface area contributed by atoms with Crippen LogP contribution in [0, 0.1) is 0 Å². The lowest BCUT2D eigenvalue weighted by atomic mass is 10.2. The van der Waals surface area contributed by atoms with E-state index in [1.165, 1.54) is 5.69 Å². The summed E-state index contributed by atoms with van der Waals surface area (Å²) in [6, 6.07) is 10.1. The number of aliphatic imine (C=N–C) groups is 1. The number of hydrogen-bond donors (Lipinski definition) is 2. The average Bonchev–Trinajstić information content (AvgIpc) is 3.11. The number of aromatic amines is 1. The number of likely N-dealkylation sites (N-methyl/N-ethyl adjacent to an activating group) is 1. The number of benzene rings is 1. The number of nitrogens with two attached hydrogens (primary N) is 1. The summed E-state index contributed by atoms with van der Waals surface area (Å²) in [6.07, 6.45) is 3.47. The van der Waals surface area contributed by atoms with Gasteiger partial charge in [-0.1, -0.05) is 0 Å². The third-order valence-electron chi connectivity index (χ3n) is 4.55. The molecule has 0 unspecified atom stereocenters. The van der Waals surface area contributed by atoms with Crippen molar-refractivity contribution in [1.82, 2.24) is 20.1 Å². The Balaban J connectivity index is 1.52. The summed E-state index contributed by atoms with van der Waals surface area (Å²) < 4.78 is 0. The molecule has 1 aromatic carbocycles. The molecule has 3 N–H and O–H groups in total. The highest BCUT2D eigenvalue weighted by atomic mass is 15.2. The minimum Gasteiger partial charge on any atom is -0.382 e. The zero-order valence-electron chi connectivity index (χ0n) is 14.2. The van der Waals surface area contributed by atoms with Gasteiger partial charge in [0.25, 0.3) is 0 Å². The Morgan fingerprint density at radius 3 is 2.64 bits per heavy atom. The van der Waals surface area contributed by atoms with E-state index in [1.807, 2.05) is 18.2 Å². The van der Waals surface area contributed by atoms with Crippen LogP contribution in [0.5, 0.6) is 0 Å². The van der Waals surface area contributed by atoms with Crippen molar-refractivity contribution in [2.24, 2.45) is 10.7 Å². The molecule has 0 bridgehead atoms. The summed E-state index contributed by atoms with van der Waals surface area (Å²) in [4.78, 5) is 13.6. The van der Waals surface area contributed by atoms with Crippen LogP contribution in [0.4, 0.5) is 11.4 Å². The zero-order valence-corrected chi connectivity index (χ0v) is 14.2. The van der Waals surface area contributed by atoms with E-state index in [9.17, 15) is 0 Å². The molecule has 4 rings (SSSR count). The maximum Gasteiger partial charge on any atom is 0.150 e. The van der Waals surface area contributed by atoms with Crippen molar-refractivity contribution in [3.05, 3.63) is 48.4 Å². The maximum absolute atomic E-state index is 6.12. The number of rotatable bonds is 3. The van der Waals surface area contributed by atoms with E-state index in [0.717, 1.165) is 42.8 Å². The SMILES string of the molecule is CN1CCN(c2ccc(N=C(N)c3cc4cn[nH]c4cn3)cc2)CC1. The summed E-state index contributed by atoms with van der Waals surface area (Å²) in [5, 5.41) is 7.83. The van der Waals surface area contributed by atoms with E-state index in [1.54, 1.807) is 12.4 Å². The number of pyridine rings is 1. The number of piperazine rings is 1. The van der Waals surface area contributed by atoms with Gasteiger partial charge in [0, 0.05) is 37.3 Å². The van der Waals surface area contributed by atoms with Crippen molar-refractivity contribution in [3.8, 4) is 0 Å². The third-order valence-corrected chi connectivity index (χ3v) is 4.55. The number of anilines is 1. The van der Waals surface area contributed by atoms with Gasteiger partial charge in [-0.05, 0) is 37.4 Å². The predicted molar refractivity (Wildman–Crippen MR) is 100 cm³/mol. The lowest BCUT2D eigenvalue weighted by Gasteiger charge is -2.34. The number of amidine groups is 1. The van der Waals surface area contributed by atoms with E-state index in [-0.39, 0.29) is 0 Å². The third kappa shape index (κ3) is 3.32. The largest absolute Gasteiger partial charge is 0.382 e. The Kier molecular flexibility index (Phi) is 4.07. The molecule has 2 aromatic heterocycles. The Morgan fingerprint density at radius 1 is 1.12 bits per heavy atom. The van der Waals surface area contributed by atoms with Gasteiger partial charge < -0.3 is 15.5 Å². The monoisotopic (exact) mass is 335 g/mol. The quantitative estimate of drug-likeness (QED) is 0.562. The highest BCUT2D eigenvalue weighted by Gasteiger charge is 2.14. The Hall–Kier alpha value is -2.93. The van der Waals surface area contributed by atoms with Gasteiger partial charge in [-0.3, -0.25) is 10.1 Å². The molecule has 0 saturated carbocycles. The van der Waals surface area contributed by atoms with Gasteiger partial charge in [0.15, 0.2) is 0 Å². The highest BCUT2D eigenvalue weighted by Crippen LogP contribution is 2.21. The number of H-pyrrole nitrogens is 1. The second-order valence-corrected chi connectivity index (χ2v) is 6.33. The van der Waals surface area contributed by atoms with Crippen LogP contribution in [0.25, 0.3) is 10.9 Å². The first-order chi connectivity index (χ1) is 12.2. The Labute approximate surface area is 146 Å². The average molecular weight is 335 g/mol. The van der Waals surface area contributed by atoms with E-state index < -0.39 is 0 Å². The van der Waals surface area contributed by atoms with Gasteiger partial charge in [-0.15, -0.1) is 0 Å². The van der Waals surface area contributed by atoms with E-state index >= 15 is 0 Å². The van der Waals surface area contributed by atoms with Gasteiger partial charge in [0.05, 0.1) is 23.6 Å².